The number of esters is 1. The number of nitrogen functional groups attached to an aromatic ring is 1. The van der Waals surface area contributed by atoms with Gasteiger partial charge in [0.25, 0.3) is 0 Å². The Morgan fingerprint density at radius 2 is 2.00 bits per heavy atom. The number of hydrogen-bond donors (Lipinski definition) is 1. The van der Waals surface area contributed by atoms with Crippen molar-refractivity contribution >= 4 is 23.3 Å². The van der Waals surface area contributed by atoms with Gasteiger partial charge in [-0.1, -0.05) is 50.3 Å². The molecule has 18 heavy (non-hydrogen) atoms. The quantitative estimate of drug-likeness (QED) is 0.462. The van der Waals surface area contributed by atoms with Crippen molar-refractivity contribution in [3.63, 3.8) is 0 Å². The first-order chi connectivity index (χ1) is 8.66. The fourth-order valence-corrected chi connectivity index (χ4v) is 1.96. The second-order valence-corrected chi connectivity index (χ2v) is 4.66. The highest BCUT2D eigenvalue weighted by atomic mass is 35.5. The lowest BCUT2D eigenvalue weighted by molar-refractivity contribution is 0.0499. The minimum Gasteiger partial charge on any atom is -0.462 e. The van der Waals surface area contributed by atoms with Crippen molar-refractivity contribution in [2.45, 2.75) is 39.0 Å². The largest absolute Gasteiger partial charge is 0.462 e. The van der Waals surface area contributed by atoms with Crippen LogP contribution in [0.1, 0.15) is 49.4 Å². The normalized spacial score (nSPS) is 10.3. The van der Waals surface area contributed by atoms with Crippen LogP contribution >= 0.6 is 11.6 Å². The molecule has 0 bridgehead atoms. The van der Waals surface area contributed by atoms with E-state index in [1.54, 1.807) is 18.2 Å². The van der Waals surface area contributed by atoms with Crippen molar-refractivity contribution in [2.24, 2.45) is 0 Å². The van der Waals surface area contributed by atoms with Gasteiger partial charge in [-0.25, -0.2) is 4.79 Å². The van der Waals surface area contributed by atoms with Crippen LogP contribution in [-0.4, -0.2) is 12.6 Å². The maximum Gasteiger partial charge on any atom is 0.341 e. The smallest absolute Gasteiger partial charge is 0.341 e. The molecule has 0 fully saturated rings. The Morgan fingerprint density at radius 3 is 2.67 bits per heavy atom. The van der Waals surface area contributed by atoms with E-state index in [1.165, 1.54) is 19.3 Å². The molecule has 0 spiro atoms. The molecule has 0 heterocycles. The average Bonchev–Trinajstić information content (AvgIpc) is 2.33. The molecule has 2 N–H and O–H groups in total. The Bertz CT molecular complexity index is 373. The number of benzene rings is 1. The maximum atomic E-state index is 11.8. The van der Waals surface area contributed by atoms with Crippen molar-refractivity contribution in [3.8, 4) is 0 Å². The van der Waals surface area contributed by atoms with E-state index in [2.05, 4.69) is 6.92 Å². The lowest BCUT2D eigenvalue weighted by Gasteiger charge is -2.08. The first-order valence-electron chi connectivity index (χ1n) is 6.38. The predicted octanol–water partition coefficient (Wildman–Crippen LogP) is 4.05. The number of carbonyl (C=O) groups excluding carboxylic acids is 1. The van der Waals surface area contributed by atoms with Crippen LogP contribution in [-0.2, 0) is 4.74 Å². The Morgan fingerprint density at radius 1 is 1.28 bits per heavy atom. The second-order valence-electron chi connectivity index (χ2n) is 4.25. The topological polar surface area (TPSA) is 52.3 Å². The molecular formula is C14H20ClNO2. The highest BCUT2D eigenvalue weighted by molar-refractivity contribution is 6.34. The average molecular weight is 270 g/mol. The molecule has 1 aromatic carbocycles. The van der Waals surface area contributed by atoms with Crippen molar-refractivity contribution in [2.75, 3.05) is 12.3 Å². The predicted molar refractivity (Wildman–Crippen MR) is 74.9 cm³/mol. The standard InChI is InChI=1S/C14H20ClNO2/c1-2-3-4-5-6-10-18-14(17)13-11(15)8-7-9-12(13)16/h7-9H,2-6,10,16H2,1H3. The summed E-state index contributed by atoms with van der Waals surface area (Å²) < 4.78 is 5.17. The highest BCUT2D eigenvalue weighted by Crippen LogP contribution is 2.22. The van der Waals surface area contributed by atoms with Crippen molar-refractivity contribution in [1.82, 2.24) is 0 Å². The van der Waals surface area contributed by atoms with Gasteiger partial charge in [-0.05, 0) is 18.6 Å². The van der Waals surface area contributed by atoms with Crippen molar-refractivity contribution in [1.29, 1.82) is 0 Å². The van der Waals surface area contributed by atoms with Crippen molar-refractivity contribution < 1.29 is 9.53 Å². The van der Waals surface area contributed by atoms with Crippen molar-refractivity contribution in [3.05, 3.63) is 28.8 Å². The fourth-order valence-electron chi connectivity index (χ4n) is 1.70. The first kappa shape index (κ1) is 14.8. The third-order valence-electron chi connectivity index (χ3n) is 2.73. The number of unbranched alkanes of at least 4 members (excludes halogenated alkanes) is 4. The van der Waals surface area contributed by atoms with E-state index in [9.17, 15) is 4.79 Å². The number of anilines is 1. The van der Waals surface area contributed by atoms with Gasteiger partial charge in [0.05, 0.1) is 11.6 Å². The van der Waals surface area contributed by atoms with Gasteiger partial charge in [0, 0.05) is 5.69 Å². The number of nitrogens with two attached hydrogens (primary N) is 1. The van der Waals surface area contributed by atoms with Crippen LogP contribution in [0, 0.1) is 0 Å². The molecule has 0 aliphatic rings. The van der Waals surface area contributed by atoms with Gasteiger partial charge in [-0.15, -0.1) is 0 Å². The summed E-state index contributed by atoms with van der Waals surface area (Å²) in [6.45, 7) is 2.59. The zero-order valence-electron chi connectivity index (χ0n) is 10.7. The van der Waals surface area contributed by atoms with E-state index in [-0.39, 0.29) is 5.56 Å². The zero-order chi connectivity index (χ0) is 13.4. The number of ether oxygens (including phenoxy) is 1. The molecule has 1 aromatic rings. The van der Waals surface area contributed by atoms with Crippen LogP contribution in [0.5, 0.6) is 0 Å². The molecule has 0 aliphatic heterocycles. The summed E-state index contributed by atoms with van der Waals surface area (Å²) in [6.07, 6.45) is 5.58. The molecule has 4 heteroatoms. The molecule has 1 rings (SSSR count). The number of hydrogen-bond acceptors (Lipinski definition) is 3. The van der Waals surface area contributed by atoms with Gasteiger partial charge in [-0.2, -0.15) is 0 Å². The van der Waals surface area contributed by atoms with Crippen LogP contribution in [0.3, 0.4) is 0 Å². The Labute approximate surface area is 113 Å². The molecule has 0 atom stereocenters. The van der Waals surface area contributed by atoms with Gasteiger partial charge in [0.15, 0.2) is 0 Å². The summed E-state index contributed by atoms with van der Waals surface area (Å²) in [5, 5.41) is 0.339. The minimum atomic E-state index is -0.436. The lowest BCUT2D eigenvalue weighted by Crippen LogP contribution is -2.10. The van der Waals surface area contributed by atoms with Gasteiger partial charge < -0.3 is 10.5 Å². The fraction of sp³-hybridized carbons (Fsp3) is 0.500. The van der Waals surface area contributed by atoms with E-state index in [1.807, 2.05) is 0 Å². The Balaban J connectivity index is 2.37. The SMILES string of the molecule is CCCCCCCOC(=O)c1c(N)cccc1Cl. The summed E-state index contributed by atoms with van der Waals surface area (Å²) >= 11 is 5.92. The molecule has 100 valence electrons. The first-order valence-corrected chi connectivity index (χ1v) is 6.75. The number of rotatable bonds is 7. The van der Waals surface area contributed by atoms with E-state index in [0.717, 1.165) is 12.8 Å². The zero-order valence-corrected chi connectivity index (χ0v) is 11.5. The summed E-state index contributed by atoms with van der Waals surface area (Å²) in [7, 11) is 0. The van der Waals surface area contributed by atoms with Crippen LogP contribution < -0.4 is 5.73 Å². The molecule has 0 saturated heterocycles. The number of halogens is 1. The van der Waals surface area contributed by atoms with E-state index in [4.69, 9.17) is 22.1 Å². The molecule has 0 unspecified atom stereocenters. The van der Waals surface area contributed by atoms with E-state index in [0.29, 0.717) is 17.3 Å². The molecule has 0 aliphatic carbocycles. The lowest BCUT2D eigenvalue weighted by atomic mass is 10.1. The molecule has 3 nitrogen and oxygen atoms in total. The van der Waals surface area contributed by atoms with Crippen LogP contribution in [0.4, 0.5) is 5.69 Å². The molecule has 0 amide bonds. The Kier molecular flexibility index (Phi) is 6.58. The molecule has 0 aromatic heterocycles. The monoisotopic (exact) mass is 269 g/mol. The van der Waals surface area contributed by atoms with E-state index >= 15 is 0 Å². The summed E-state index contributed by atoms with van der Waals surface area (Å²) in [5.74, 6) is -0.436. The van der Waals surface area contributed by atoms with Crippen LogP contribution in [0.2, 0.25) is 5.02 Å². The summed E-state index contributed by atoms with van der Waals surface area (Å²) in [4.78, 5) is 11.8. The second kappa shape index (κ2) is 7.98. The Hall–Kier alpha value is -1.22. The van der Waals surface area contributed by atoms with Gasteiger partial charge in [0.1, 0.15) is 5.56 Å². The van der Waals surface area contributed by atoms with Gasteiger partial charge in [-0.3, -0.25) is 0 Å². The molecule has 0 radical (unpaired) electrons. The summed E-state index contributed by atoms with van der Waals surface area (Å²) in [5.41, 5.74) is 6.34. The summed E-state index contributed by atoms with van der Waals surface area (Å²) in [6, 6.07) is 4.98. The van der Waals surface area contributed by atoms with Gasteiger partial charge in [0.2, 0.25) is 0 Å². The third kappa shape index (κ3) is 4.57. The molecular weight excluding hydrogens is 250 g/mol. The minimum absolute atomic E-state index is 0.271. The van der Waals surface area contributed by atoms with E-state index < -0.39 is 5.97 Å². The molecule has 0 saturated carbocycles. The van der Waals surface area contributed by atoms with Crippen LogP contribution in [0.15, 0.2) is 18.2 Å². The van der Waals surface area contributed by atoms with Crippen LogP contribution in [0.25, 0.3) is 0 Å². The number of carbonyl (C=O) groups is 1. The maximum absolute atomic E-state index is 11.8. The highest BCUT2D eigenvalue weighted by Gasteiger charge is 2.14. The van der Waals surface area contributed by atoms with Gasteiger partial charge >= 0.3 is 5.97 Å². The third-order valence-corrected chi connectivity index (χ3v) is 3.05.